The highest BCUT2D eigenvalue weighted by Gasteiger charge is 2.34. The maximum Gasteiger partial charge on any atom is 0.231 e. The second kappa shape index (κ2) is 8.53. The molecule has 148 valence electrons. The molecule has 1 saturated heterocycles. The molecule has 29 heavy (non-hydrogen) atoms. The van der Waals surface area contributed by atoms with E-state index in [2.05, 4.69) is 10.3 Å². The lowest BCUT2D eigenvalue weighted by Gasteiger charge is -2.16. The first-order valence-electron chi connectivity index (χ1n) is 9.42. The lowest BCUT2D eigenvalue weighted by molar-refractivity contribution is -0.128. The maximum absolute atomic E-state index is 13.1. The molecule has 2 heterocycles. The van der Waals surface area contributed by atoms with Crippen LogP contribution in [0.3, 0.4) is 0 Å². The highest BCUT2D eigenvalue weighted by Crippen LogP contribution is 2.26. The molecule has 7 heteroatoms. The van der Waals surface area contributed by atoms with Crippen LogP contribution < -0.4 is 5.32 Å². The van der Waals surface area contributed by atoms with Gasteiger partial charge in [0.15, 0.2) is 5.13 Å². The van der Waals surface area contributed by atoms with Crippen molar-refractivity contribution in [1.82, 2.24) is 9.88 Å². The van der Waals surface area contributed by atoms with E-state index < -0.39 is 0 Å². The van der Waals surface area contributed by atoms with Crippen molar-refractivity contribution in [2.75, 3.05) is 18.4 Å². The van der Waals surface area contributed by atoms with Crippen LogP contribution in [0.5, 0.6) is 0 Å². The summed E-state index contributed by atoms with van der Waals surface area (Å²) in [6.45, 7) is 1.03. The Balaban J connectivity index is 1.33. The van der Waals surface area contributed by atoms with Gasteiger partial charge >= 0.3 is 0 Å². The molecule has 1 N–H and O–H groups in total. The van der Waals surface area contributed by atoms with Crippen LogP contribution in [0.25, 0.3) is 11.3 Å². The summed E-state index contributed by atoms with van der Waals surface area (Å²) in [6, 6.07) is 16.0. The topological polar surface area (TPSA) is 62.3 Å². The van der Waals surface area contributed by atoms with E-state index >= 15 is 0 Å². The Kier molecular flexibility index (Phi) is 5.67. The molecule has 1 fully saturated rings. The van der Waals surface area contributed by atoms with E-state index in [1.54, 1.807) is 17.0 Å². The third-order valence-corrected chi connectivity index (χ3v) is 5.73. The van der Waals surface area contributed by atoms with E-state index in [-0.39, 0.29) is 30.0 Å². The van der Waals surface area contributed by atoms with Gasteiger partial charge in [-0.25, -0.2) is 9.37 Å². The first-order chi connectivity index (χ1) is 14.1. The summed E-state index contributed by atoms with van der Waals surface area (Å²) < 4.78 is 13.1. The molecular formula is C22H20FN3O2S. The average molecular weight is 409 g/mol. The standard InChI is InChI=1S/C22H20FN3O2S/c23-18-8-6-16(7-9-18)19-14-29-22(24-19)25-21(28)17-12-20(27)26(13-17)11-10-15-4-2-1-3-5-15/h1-9,14,17H,10-13H2,(H,24,25,28). The molecule has 3 aromatic rings. The van der Waals surface area contributed by atoms with Crippen molar-refractivity contribution < 1.29 is 14.0 Å². The quantitative estimate of drug-likeness (QED) is 0.670. The molecule has 1 unspecified atom stereocenters. The Morgan fingerprint density at radius 2 is 1.93 bits per heavy atom. The van der Waals surface area contributed by atoms with E-state index in [9.17, 15) is 14.0 Å². The predicted molar refractivity (Wildman–Crippen MR) is 111 cm³/mol. The number of benzene rings is 2. The Labute approximate surface area is 172 Å². The van der Waals surface area contributed by atoms with Crippen molar-refractivity contribution in [3.63, 3.8) is 0 Å². The van der Waals surface area contributed by atoms with Crippen LogP contribution in [0.4, 0.5) is 9.52 Å². The number of likely N-dealkylation sites (tertiary alicyclic amines) is 1. The number of nitrogens with one attached hydrogen (secondary N) is 1. The number of anilines is 1. The third kappa shape index (κ3) is 4.68. The zero-order valence-corrected chi connectivity index (χ0v) is 16.5. The highest BCUT2D eigenvalue weighted by molar-refractivity contribution is 7.14. The van der Waals surface area contributed by atoms with Crippen molar-refractivity contribution in [3.05, 3.63) is 71.4 Å². The lowest BCUT2D eigenvalue weighted by Crippen LogP contribution is -2.30. The van der Waals surface area contributed by atoms with Crippen LogP contribution in [0.15, 0.2) is 60.0 Å². The molecule has 4 rings (SSSR count). The molecule has 1 aromatic heterocycles. The average Bonchev–Trinajstić information content (AvgIpc) is 3.34. The van der Waals surface area contributed by atoms with Crippen molar-refractivity contribution in [2.45, 2.75) is 12.8 Å². The zero-order chi connectivity index (χ0) is 20.2. The van der Waals surface area contributed by atoms with Gasteiger partial charge in [-0.3, -0.25) is 9.59 Å². The van der Waals surface area contributed by atoms with Crippen LogP contribution >= 0.6 is 11.3 Å². The van der Waals surface area contributed by atoms with Gasteiger partial charge in [0.1, 0.15) is 5.82 Å². The molecule has 0 radical (unpaired) electrons. The van der Waals surface area contributed by atoms with E-state index in [0.717, 1.165) is 12.0 Å². The van der Waals surface area contributed by atoms with Crippen LogP contribution in [0.2, 0.25) is 0 Å². The summed E-state index contributed by atoms with van der Waals surface area (Å²) in [6.07, 6.45) is 0.991. The Morgan fingerprint density at radius 1 is 1.17 bits per heavy atom. The first-order valence-corrected chi connectivity index (χ1v) is 10.3. The second-order valence-electron chi connectivity index (χ2n) is 7.01. The summed E-state index contributed by atoms with van der Waals surface area (Å²) in [5.74, 6) is -0.871. The summed E-state index contributed by atoms with van der Waals surface area (Å²) in [4.78, 5) is 31.0. The number of aromatic nitrogens is 1. The number of carbonyl (C=O) groups is 2. The lowest BCUT2D eigenvalue weighted by atomic mass is 10.1. The smallest absolute Gasteiger partial charge is 0.231 e. The molecule has 0 aliphatic carbocycles. The third-order valence-electron chi connectivity index (χ3n) is 4.97. The normalized spacial score (nSPS) is 16.2. The van der Waals surface area contributed by atoms with Gasteiger partial charge in [0, 0.05) is 30.5 Å². The van der Waals surface area contributed by atoms with Crippen LogP contribution in [0.1, 0.15) is 12.0 Å². The van der Waals surface area contributed by atoms with Gasteiger partial charge in [-0.05, 0) is 36.2 Å². The Hall–Kier alpha value is -3.06. The van der Waals surface area contributed by atoms with E-state index in [1.807, 2.05) is 35.7 Å². The number of hydrogen-bond acceptors (Lipinski definition) is 4. The molecule has 1 aliphatic heterocycles. The molecule has 0 saturated carbocycles. The number of carbonyl (C=O) groups excluding carboxylic acids is 2. The number of hydrogen-bond donors (Lipinski definition) is 1. The van der Waals surface area contributed by atoms with E-state index in [1.165, 1.54) is 29.0 Å². The van der Waals surface area contributed by atoms with Gasteiger partial charge in [-0.1, -0.05) is 30.3 Å². The molecule has 5 nitrogen and oxygen atoms in total. The number of nitrogens with zero attached hydrogens (tertiary/aromatic N) is 2. The minimum Gasteiger partial charge on any atom is -0.342 e. The number of thiazole rings is 1. The molecule has 2 amide bonds. The largest absolute Gasteiger partial charge is 0.342 e. The SMILES string of the molecule is O=C(Nc1nc(-c2ccc(F)cc2)cs1)C1CC(=O)N(CCc2ccccc2)C1. The van der Waals surface area contributed by atoms with Gasteiger partial charge in [0.25, 0.3) is 0 Å². The number of halogens is 1. The Morgan fingerprint density at radius 3 is 2.69 bits per heavy atom. The zero-order valence-electron chi connectivity index (χ0n) is 15.7. The second-order valence-corrected chi connectivity index (χ2v) is 7.87. The van der Waals surface area contributed by atoms with E-state index in [0.29, 0.717) is 23.9 Å². The van der Waals surface area contributed by atoms with Crippen molar-refractivity contribution >= 4 is 28.3 Å². The number of rotatable bonds is 6. The summed E-state index contributed by atoms with van der Waals surface area (Å²) in [7, 11) is 0. The first kappa shape index (κ1) is 19.3. The van der Waals surface area contributed by atoms with Gasteiger partial charge in [-0.15, -0.1) is 11.3 Å². The highest BCUT2D eigenvalue weighted by atomic mass is 32.1. The van der Waals surface area contributed by atoms with Crippen molar-refractivity contribution in [2.24, 2.45) is 5.92 Å². The molecule has 1 atom stereocenters. The van der Waals surface area contributed by atoms with Gasteiger partial charge in [0.05, 0.1) is 11.6 Å². The van der Waals surface area contributed by atoms with Gasteiger partial charge < -0.3 is 10.2 Å². The van der Waals surface area contributed by atoms with Gasteiger partial charge in [-0.2, -0.15) is 0 Å². The number of amides is 2. The predicted octanol–water partition coefficient (Wildman–Crippen LogP) is 3.98. The van der Waals surface area contributed by atoms with E-state index in [4.69, 9.17) is 0 Å². The minimum absolute atomic E-state index is 0.00669. The van der Waals surface area contributed by atoms with Crippen LogP contribution in [-0.2, 0) is 16.0 Å². The summed E-state index contributed by atoms with van der Waals surface area (Å²) >= 11 is 1.31. The van der Waals surface area contributed by atoms with Crippen molar-refractivity contribution in [3.8, 4) is 11.3 Å². The minimum atomic E-state index is -0.378. The molecule has 0 bridgehead atoms. The summed E-state index contributed by atoms with van der Waals surface area (Å²) in [5.41, 5.74) is 2.63. The molecule has 1 aliphatic rings. The fourth-order valence-electron chi connectivity index (χ4n) is 3.36. The fraction of sp³-hybridized carbons (Fsp3) is 0.227. The maximum atomic E-state index is 13.1. The Bertz CT molecular complexity index is 1000. The van der Waals surface area contributed by atoms with Crippen LogP contribution in [-0.4, -0.2) is 34.8 Å². The summed E-state index contributed by atoms with van der Waals surface area (Å²) in [5, 5.41) is 5.11. The monoisotopic (exact) mass is 409 g/mol. The fourth-order valence-corrected chi connectivity index (χ4v) is 4.09. The molecule has 2 aromatic carbocycles. The van der Waals surface area contributed by atoms with Crippen LogP contribution in [0, 0.1) is 11.7 Å². The molecular weight excluding hydrogens is 389 g/mol. The van der Waals surface area contributed by atoms with Crippen molar-refractivity contribution in [1.29, 1.82) is 0 Å². The van der Waals surface area contributed by atoms with Gasteiger partial charge in [0.2, 0.25) is 11.8 Å². The molecule has 0 spiro atoms.